The predicted molar refractivity (Wildman–Crippen MR) is 101 cm³/mol. The summed E-state index contributed by atoms with van der Waals surface area (Å²) in [6.07, 6.45) is 0. The maximum absolute atomic E-state index is 11.8. The van der Waals surface area contributed by atoms with E-state index in [0.717, 1.165) is 0 Å². The van der Waals surface area contributed by atoms with Crippen molar-refractivity contribution in [3.63, 3.8) is 0 Å². The van der Waals surface area contributed by atoms with Crippen LogP contribution in [-0.2, 0) is 16.1 Å². The lowest BCUT2D eigenvalue weighted by molar-refractivity contribution is -0.147. The number of rotatable bonds is 6. The molecule has 0 aliphatic carbocycles. The summed E-state index contributed by atoms with van der Waals surface area (Å²) in [7, 11) is 0. The summed E-state index contributed by atoms with van der Waals surface area (Å²) >= 11 is 18.0. The third-order valence-corrected chi connectivity index (χ3v) is 4.50. The number of esters is 1. The number of hydrogen-bond acceptors (Lipinski definition) is 4. The fourth-order valence-electron chi connectivity index (χ4n) is 2.16. The van der Waals surface area contributed by atoms with Crippen molar-refractivity contribution in [1.82, 2.24) is 0 Å². The summed E-state index contributed by atoms with van der Waals surface area (Å²) in [5.74, 6) is 1.04. The highest BCUT2D eigenvalue weighted by atomic mass is 35.5. The van der Waals surface area contributed by atoms with Crippen molar-refractivity contribution in [3.8, 4) is 17.1 Å². The van der Waals surface area contributed by atoms with Crippen LogP contribution in [0.25, 0.3) is 11.3 Å². The summed E-state index contributed by atoms with van der Waals surface area (Å²) in [5, 5.41) is 1.43. The summed E-state index contributed by atoms with van der Waals surface area (Å²) < 4.78 is 16.1. The molecule has 0 N–H and O–H groups in total. The second kappa shape index (κ2) is 8.49. The Morgan fingerprint density at radius 1 is 0.962 bits per heavy atom. The van der Waals surface area contributed by atoms with E-state index in [9.17, 15) is 4.79 Å². The smallest absolute Gasteiger partial charge is 0.344 e. The molecule has 26 heavy (non-hydrogen) atoms. The van der Waals surface area contributed by atoms with Gasteiger partial charge in [-0.1, -0.05) is 40.9 Å². The van der Waals surface area contributed by atoms with Crippen molar-refractivity contribution in [2.24, 2.45) is 0 Å². The van der Waals surface area contributed by atoms with Gasteiger partial charge in [0.05, 0.1) is 10.0 Å². The average Bonchev–Trinajstić information content (AvgIpc) is 3.10. The molecule has 3 rings (SSSR count). The highest BCUT2D eigenvalue weighted by Crippen LogP contribution is 2.34. The zero-order chi connectivity index (χ0) is 18.5. The first-order valence-corrected chi connectivity index (χ1v) is 8.73. The van der Waals surface area contributed by atoms with Gasteiger partial charge in [0.2, 0.25) is 0 Å². The van der Waals surface area contributed by atoms with Crippen molar-refractivity contribution >= 4 is 40.8 Å². The highest BCUT2D eigenvalue weighted by molar-refractivity contribution is 6.43. The van der Waals surface area contributed by atoms with E-state index in [1.165, 1.54) is 0 Å². The van der Waals surface area contributed by atoms with E-state index in [0.29, 0.717) is 37.9 Å². The summed E-state index contributed by atoms with van der Waals surface area (Å²) in [4.78, 5) is 11.8. The van der Waals surface area contributed by atoms with Crippen LogP contribution in [-0.4, -0.2) is 12.6 Å². The molecule has 4 nitrogen and oxygen atoms in total. The van der Waals surface area contributed by atoms with E-state index in [-0.39, 0.29) is 13.2 Å². The fraction of sp³-hybridized carbons (Fsp3) is 0.105. The van der Waals surface area contributed by atoms with Crippen LogP contribution in [0.15, 0.2) is 59.0 Å². The topological polar surface area (TPSA) is 48.7 Å². The zero-order valence-electron chi connectivity index (χ0n) is 13.4. The molecule has 0 bridgehead atoms. The molecule has 0 unspecified atom stereocenters. The molecule has 1 heterocycles. The van der Waals surface area contributed by atoms with Gasteiger partial charge in [-0.3, -0.25) is 0 Å². The van der Waals surface area contributed by atoms with E-state index in [2.05, 4.69) is 0 Å². The highest BCUT2D eigenvalue weighted by Gasteiger charge is 2.12. The molecule has 2 aromatic carbocycles. The molecule has 0 radical (unpaired) electrons. The largest absolute Gasteiger partial charge is 0.482 e. The van der Waals surface area contributed by atoms with Crippen LogP contribution in [0.5, 0.6) is 5.75 Å². The molecule has 0 aliphatic rings. The van der Waals surface area contributed by atoms with Crippen LogP contribution in [0.3, 0.4) is 0 Å². The first-order chi connectivity index (χ1) is 12.5. The average molecular weight is 412 g/mol. The van der Waals surface area contributed by atoms with Crippen LogP contribution in [0, 0.1) is 0 Å². The van der Waals surface area contributed by atoms with Crippen molar-refractivity contribution in [3.05, 3.63) is 75.4 Å². The van der Waals surface area contributed by atoms with Crippen LogP contribution in [0.1, 0.15) is 5.76 Å². The van der Waals surface area contributed by atoms with E-state index in [1.807, 2.05) is 0 Å². The Kier molecular flexibility index (Phi) is 6.09. The second-order valence-electron chi connectivity index (χ2n) is 5.27. The molecule has 0 fully saturated rings. The number of hydrogen-bond donors (Lipinski definition) is 0. The van der Waals surface area contributed by atoms with Gasteiger partial charge in [0.1, 0.15) is 23.9 Å². The standard InChI is InChI=1S/C19H13Cl3O4/c20-12-4-6-13(7-5-12)24-11-18(23)25-10-14-8-9-17(26-14)15-2-1-3-16(21)19(15)22/h1-9H,10-11H2. The molecule has 3 aromatic rings. The minimum atomic E-state index is -0.515. The summed E-state index contributed by atoms with van der Waals surface area (Å²) in [6.45, 7) is -0.226. The maximum atomic E-state index is 11.8. The van der Waals surface area contributed by atoms with Crippen LogP contribution in [0.2, 0.25) is 15.1 Å². The van der Waals surface area contributed by atoms with Gasteiger partial charge in [-0.2, -0.15) is 0 Å². The Bertz CT molecular complexity index is 903. The van der Waals surface area contributed by atoms with E-state index in [4.69, 9.17) is 48.7 Å². The van der Waals surface area contributed by atoms with E-state index in [1.54, 1.807) is 54.6 Å². The number of halogens is 3. The van der Waals surface area contributed by atoms with Gasteiger partial charge in [0.25, 0.3) is 0 Å². The molecule has 0 saturated carbocycles. The Morgan fingerprint density at radius 3 is 2.50 bits per heavy atom. The van der Waals surface area contributed by atoms with Crippen LogP contribution in [0.4, 0.5) is 0 Å². The number of carbonyl (C=O) groups excluding carboxylic acids is 1. The molecule has 1 aromatic heterocycles. The normalized spacial score (nSPS) is 10.6. The Balaban J connectivity index is 1.53. The first-order valence-electron chi connectivity index (χ1n) is 7.60. The molecule has 134 valence electrons. The van der Waals surface area contributed by atoms with Crippen LogP contribution >= 0.6 is 34.8 Å². The Labute approximate surface area is 165 Å². The lowest BCUT2D eigenvalue weighted by atomic mass is 10.2. The minimum absolute atomic E-state index is 0.0129. The van der Waals surface area contributed by atoms with Crippen molar-refractivity contribution in [2.45, 2.75) is 6.61 Å². The monoisotopic (exact) mass is 410 g/mol. The number of benzene rings is 2. The SMILES string of the molecule is O=C(COc1ccc(Cl)cc1)OCc1ccc(-c2cccc(Cl)c2Cl)o1. The molecule has 0 amide bonds. The van der Waals surface area contributed by atoms with Gasteiger partial charge in [0, 0.05) is 10.6 Å². The first kappa shape index (κ1) is 18.6. The molecule has 7 heteroatoms. The van der Waals surface area contributed by atoms with Crippen LogP contribution < -0.4 is 4.74 Å². The molecular formula is C19H13Cl3O4. The molecular weight excluding hydrogens is 399 g/mol. The molecule has 0 spiro atoms. The second-order valence-corrected chi connectivity index (χ2v) is 6.49. The maximum Gasteiger partial charge on any atom is 0.344 e. The van der Waals surface area contributed by atoms with Gasteiger partial charge in [-0.15, -0.1) is 0 Å². The summed E-state index contributed by atoms with van der Waals surface area (Å²) in [5.41, 5.74) is 0.669. The van der Waals surface area contributed by atoms with Gasteiger partial charge in [-0.05, 0) is 48.5 Å². The van der Waals surface area contributed by atoms with Crippen molar-refractivity contribution in [2.75, 3.05) is 6.61 Å². The lowest BCUT2D eigenvalue weighted by Crippen LogP contribution is -2.14. The molecule has 0 saturated heterocycles. The molecule has 0 atom stereocenters. The van der Waals surface area contributed by atoms with Crippen molar-refractivity contribution in [1.29, 1.82) is 0 Å². The summed E-state index contributed by atoms with van der Waals surface area (Å²) in [6, 6.07) is 15.4. The third-order valence-electron chi connectivity index (χ3n) is 3.42. The predicted octanol–water partition coefficient (Wildman–Crippen LogP) is 6.03. The molecule has 0 aliphatic heterocycles. The van der Waals surface area contributed by atoms with E-state index >= 15 is 0 Å². The van der Waals surface area contributed by atoms with E-state index < -0.39 is 5.97 Å². The number of carbonyl (C=O) groups is 1. The van der Waals surface area contributed by atoms with Gasteiger partial charge >= 0.3 is 5.97 Å². The zero-order valence-corrected chi connectivity index (χ0v) is 15.6. The number of furan rings is 1. The fourth-order valence-corrected chi connectivity index (χ4v) is 2.68. The minimum Gasteiger partial charge on any atom is -0.482 e. The number of ether oxygens (including phenoxy) is 2. The quantitative estimate of drug-likeness (QED) is 0.465. The Morgan fingerprint density at radius 2 is 1.73 bits per heavy atom. The third kappa shape index (κ3) is 4.73. The lowest BCUT2D eigenvalue weighted by Gasteiger charge is -2.06. The van der Waals surface area contributed by atoms with Gasteiger partial charge in [0.15, 0.2) is 6.61 Å². The Hall–Kier alpha value is -2.14. The van der Waals surface area contributed by atoms with Crippen molar-refractivity contribution < 1.29 is 18.7 Å². The van der Waals surface area contributed by atoms with Gasteiger partial charge in [-0.25, -0.2) is 4.79 Å². The van der Waals surface area contributed by atoms with Gasteiger partial charge < -0.3 is 13.9 Å².